The Labute approximate surface area is 193 Å². The number of aromatic nitrogens is 1. The van der Waals surface area contributed by atoms with Crippen LogP contribution in [0.15, 0.2) is 60.7 Å². The number of carboxylic acids is 1. The summed E-state index contributed by atoms with van der Waals surface area (Å²) in [5.41, 5.74) is 0.916. The number of rotatable bonds is 2. The Bertz CT molecular complexity index is 1510. The van der Waals surface area contributed by atoms with Gasteiger partial charge < -0.3 is 9.66 Å². The number of aryl methyl sites for hydroxylation is 3. The van der Waals surface area contributed by atoms with Crippen molar-refractivity contribution >= 4 is 37.9 Å². The van der Waals surface area contributed by atoms with Gasteiger partial charge in [0.1, 0.15) is 7.05 Å². The van der Waals surface area contributed by atoms with Crippen LogP contribution in [-0.4, -0.2) is 29.6 Å². The van der Waals surface area contributed by atoms with E-state index >= 15 is 0 Å². The summed E-state index contributed by atoms with van der Waals surface area (Å²) in [7, 11) is -4.10. The van der Waals surface area contributed by atoms with Crippen molar-refractivity contribution in [2.75, 3.05) is 0 Å². The quantitative estimate of drug-likeness (QED) is 0.187. The Morgan fingerprint density at radius 1 is 0.912 bits per heavy atom. The van der Waals surface area contributed by atoms with Crippen LogP contribution in [0, 0.1) is 13.8 Å². The number of para-hydroxylation sites is 1. The zero-order chi connectivity index (χ0) is 25.4. The van der Waals surface area contributed by atoms with Gasteiger partial charge in [0.2, 0.25) is 11.0 Å². The highest BCUT2D eigenvalue weighted by atomic mass is 32.2. The number of carboxylic acid groups (broad SMARTS) is 1. The minimum atomic E-state index is -6.09. The molecule has 0 saturated heterocycles. The Morgan fingerprint density at radius 2 is 1.41 bits per heavy atom. The zero-order valence-electron chi connectivity index (χ0n) is 18.3. The summed E-state index contributed by atoms with van der Waals surface area (Å²) in [5, 5.41) is 11.6. The van der Waals surface area contributed by atoms with Crippen LogP contribution in [0.2, 0.25) is 0 Å². The Kier molecular flexibility index (Phi) is 6.68. The maximum absolute atomic E-state index is 12.3. The number of aromatic carboxylic acids is 1. The lowest BCUT2D eigenvalue weighted by atomic mass is 9.90. The molecule has 4 aromatic rings. The highest BCUT2D eigenvalue weighted by Gasteiger charge is 2.37. The van der Waals surface area contributed by atoms with Gasteiger partial charge in [-0.25, -0.2) is 13.2 Å². The molecular formula is C24H20F3NO5S. The van der Waals surface area contributed by atoms with Gasteiger partial charge >= 0.3 is 11.5 Å². The fourth-order valence-corrected chi connectivity index (χ4v) is 3.99. The molecule has 0 spiro atoms. The average molecular weight is 491 g/mol. The third-order valence-electron chi connectivity index (χ3n) is 5.44. The van der Waals surface area contributed by atoms with E-state index in [1.807, 2.05) is 55.6 Å². The van der Waals surface area contributed by atoms with Gasteiger partial charge in [0.25, 0.3) is 0 Å². The molecule has 0 aliphatic carbocycles. The molecule has 0 aliphatic rings. The van der Waals surface area contributed by atoms with Gasteiger partial charge in [-0.3, -0.25) is 0 Å². The number of fused-ring (bicyclic) bond motifs is 2. The number of benzene rings is 3. The Hall–Kier alpha value is -3.50. The standard InChI is InChI=1S/C23H19NO2.CHF3O3S/c1-14-8-6-9-15(2)20(14)17-11-7-13-19-21(17)22(23(25)26)16-10-4-5-12-18(16)24(19)3;2-1(3,4)8(5,6)7/h4-13H,1-3H3;(H,5,6,7). The van der Waals surface area contributed by atoms with Crippen molar-refractivity contribution in [1.82, 2.24) is 0 Å². The minimum Gasteiger partial charge on any atom is -0.741 e. The lowest BCUT2D eigenvalue weighted by Crippen LogP contribution is -2.31. The van der Waals surface area contributed by atoms with Gasteiger partial charge in [-0.1, -0.05) is 42.5 Å². The number of hydrogen-bond acceptors (Lipinski definition) is 4. The molecule has 34 heavy (non-hydrogen) atoms. The van der Waals surface area contributed by atoms with E-state index in [1.165, 1.54) is 0 Å². The molecular weight excluding hydrogens is 471 g/mol. The van der Waals surface area contributed by atoms with E-state index in [1.54, 1.807) is 0 Å². The summed E-state index contributed by atoms with van der Waals surface area (Å²) in [6.45, 7) is 4.14. The third-order valence-corrected chi connectivity index (χ3v) is 6.00. The number of pyridine rings is 1. The van der Waals surface area contributed by atoms with Crippen LogP contribution in [0.4, 0.5) is 13.2 Å². The van der Waals surface area contributed by atoms with Crippen LogP contribution in [0.1, 0.15) is 21.5 Å². The Balaban J connectivity index is 0.000000350. The minimum absolute atomic E-state index is 0.368. The molecule has 1 heterocycles. The molecule has 0 aliphatic heterocycles. The molecule has 1 N–H and O–H groups in total. The van der Waals surface area contributed by atoms with Gasteiger partial charge in [-0.2, -0.15) is 17.7 Å². The van der Waals surface area contributed by atoms with Crippen molar-refractivity contribution in [3.05, 3.63) is 77.4 Å². The van der Waals surface area contributed by atoms with Gasteiger partial charge in [0, 0.05) is 12.1 Å². The van der Waals surface area contributed by atoms with Crippen molar-refractivity contribution in [2.24, 2.45) is 7.05 Å². The molecule has 0 fully saturated rings. The first-order valence-electron chi connectivity index (χ1n) is 9.91. The molecule has 178 valence electrons. The second kappa shape index (κ2) is 9.03. The van der Waals surface area contributed by atoms with Gasteiger partial charge in [-0.15, -0.1) is 0 Å². The largest absolute Gasteiger partial charge is 0.741 e. The normalized spacial score (nSPS) is 11.9. The van der Waals surface area contributed by atoms with Crippen molar-refractivity contribution in [2.45, 2.75) is 19.4 Å². The highest BCUT2D eigenvalue weighted by molar-refractivity contribution is 7.86. The van der Waals surface area contributed by atoms with Crippen LogP contribution in [-0.2, 0) is 17.2 Å². The molecule has 0 unspecified atom stereocenters. The maximum atomic E-state index is 12.3. The molecule has 10 heteroatoms. The van der Waals surface area contributed by atoms with Crippen LogP contribution >= 0.6 is 0 Å². The number of alkyl halides is 3. The summed E-state index contributed by atoms with van der Waals surface area (Å²) in [4.78, 5) is 12.3. The predicted octanol–water partition coefficient (Wildman–Crippen LogP) is 4.85. The van der Waals surface area contributed by atoms with E-state index in [2.05, 4.69) is 30.5 Å². The maximum Gasteiger partial charge on any atom is 0.485 e. The molecule has 0 atom stereocenters. The molecule has 4 rings (SSSR count). The fourth-order valence-electron chi connectivity index (χ4n) is 3.99. The number of carbonyl (C=O) groups is 1. The molecule has 0 radical (unpaired) electrons. The lowest BCUT2D eigenvalue weighted by molar-refractivity contribution is -0.617. The topological polar surface area (TPSA) is 98.4 Å². The molecule has 0 bridgehead atoms. The van der Waals surface area contributed by atoms with Crippen LogP contribution < -0.4 is 4.57 Å². The summed E-state index contributed by atoms with van der Waals surface area (Å²) >= 11 is 0. The molecule has 0 saturated carbocycles. The summed E-state index contributed by atoms with van der Waals surface area (Å²) in [5.74, 6) is -0.898. The van der Waals surface area contributed by atoms with E-state index in [4.69, 9.17) is 13.0 Å². The first-order chi connectivity index (χ1) is 15.8. The van der Waals surface area contributed by atoms with Gasteiger partial charge in [0.15, 0.2) is 10.1 Å². The van der Waals surface area contributed by atoms with Crippen molar-refractivity contribution < 1.29 is 40.6 Å². The van der Waals surface area contributed by atoms with E-state index in [0.29, 0.717) is 5.56 Å². The van der Waals surface area contributed by atoms with Crippen LogP contribution in [0.25, 0.3) is 32.9 Å². The molecule has 6 nitrogen and oxygen atoms in total. The van der Waals surface area contributed by atoms with Crippen molar-refractivity contribution in [1.29, 1.82) is 0 Å². The highest BCUT2D eigenvalue weighted by Crippen LogP contribution is 2.36. The van der Waals surface area contributed by atoms with E-state index in [-0.39, 0.29) is 0 Å². The van der Waals surface area contributed by atoms with Gasteiger partial charge in [-0.05, 0) is 42.2 Å². The van der Waals surface area contributed by atoms with E-state index in [9.17, 15) is 23.1 Å². The number of hydrogen-bond donors (Lipinski definition) is 1. The summed E-state index contributed by atoms with van der Waals surface area (Å²) in [6, 6.07) is 19.9. The van der Waals surface area contributed by atoms with Crippen molar-refractivity contribution in [3.63, 3.8) is 0 Å². The van der Waals surface area contributed by atoms with E-state index < -0.39 is 21.6 Å². The second-order valence-corrected chi connectivity index (χ2v) is 8.99. The summed E-state index contributed by atoms with van der Waals surface area (Å²) < 4.78 is 61.0. The number of halogens is 3. The average Bonchev–Trinajstić information content (AvgIpc) is 2.73. The Morgan fingerprint density at radius 3 is 1.94 bits per heavy atom. The molecule has 0 amide bonds. The zero-order valence-corrected chi connectivity index (χ0v) is 19.2. The predicted molar refractivity (Wildman–Crippen MR) is 120 cm³/mol. The third kappa shape index (κ3) is 4.59. The monoisotopic (exact) mass is 491 g/mol. The lowest BCUT2D eigenvalue weighted by Gasteiger charge is -2.15. The fraction of sp³-hybridized carbons (Fsp3) is 0.167. The van der Waals surface area contributed by atoms with Crippen molar-refractivity contribution in [3.8, 4) is 11.1 Å². The van der Waals surface area contributed by atoms with E-state index in [0.717, 1.165) is 44.1 Å². The van der Waals surface area contributed by atoms with Gasteiger partial charge in [0.05, 0.1) is 16.3 Å². The summed E-state index contributed by atoms with van der Waals surface area (Å²) in [6.07, 6.45) is 0. The smallest absolute Gasteiger partial charge is 0.485 e. The molecule has 3 aromatic carbocycles. The first kappa shape index (κ1) is 25.1. The molecule has 1 aromatic heterocycles. The van der Waals surface area contributed by atoms with Crippen LogP contribution in [0.5, 0.6) is 0 Å². The second-order valence-electron chi connectivity index (χ2n) is 7.62. The number of nitrogens with zero attached hydrogens (tertiary/aromatic N) is 1. The first-order valence-corrected chi connectivity index (χ1v) is 11.3. The van der Waals surface area contributed by atoms with Crippen LogP contribution in [0.3, 0.4) is 0 Å². The SMILES string of the molecule is Cc1cccc(C)c1-c1cccc2c1c(C(=O)O)c1ccccc1[n+]2C.O=S(=O)([O-])C(F)(F)F.